The van der Waals surface area contributed by atoms with E-state index in [4.69, 9.17) is 0 Å². The second-order valence-electron chi connectivity index (χ2n) is 5.28. The van der Waals surface area contributed by atoms with Crippen molar-refractivity contribution in [3.05, 3.63) is 57.8 Å². The smallest absolute Gasteiger partial charge is 0.251 e. The summed E-state index contributed by atoms with van der Waals surface area (Å²) in [6.45, 7) is 1.61. The molecule has 0 bridgehead atoms. The molecule has 3 N–H and O–H groups in total. The second kappa shape index (κ2) is 11.9. The fourth-order valence-electron chi connectivity index (χ4n) is 2.32. The third-order valence-corrected chi connectivity index (χ3v) is 4.53. The maximum atomic E-state index is 11.7. The van der Waals surface area contributed by atoms with Gasteiger partial charge >= 0.3 is 0 Å². The maximum absolute atomic E-state index is 11.7. The van der Waals surface area contributed by atoms with E-state index in [1.165, 1.54) is 4.88 Å². The summed E-state index contributed by atoms with van der Waals surface area (Å²) < 4.78 is 0. The number of aliphatic imine (C=N–C) groups is 1. The topological polar surface area (TPSA) is 65.5 Å². The molecule has 0 spiro atoms. The van der Waals surface area contributed by atoms with Crippen LogP contribution in [0.25, 0.3) is 0 Å². The van der Waals surface area contributed by atoms with Gasteiger partial charge in [0, 0.05) is 37.6 Å². The van der Waals surface area contributed by atoms with Gasteiger partial charge in [0.1, 0.15) is 0 Å². The molecule has 0 radical (unpaired) electrons. The van der Waals surface area contributed by atoms with Crippen LogP contribution in [-0.2, 0) is 12.8 Å². The van der Waals surface area contributed by atoms with Gasteiger partial charge in [-0.3, -0.25) is 9.79 Å². The zero-order chi connectivity index (χ0) is 17.2. The van der Waals surface area contributed by atoms with Gasteiger partial charge in [-0.05, 0) is 42.0 Å². The molecule has 1 aromatic carbocycles. The van der Waals surface area contributed by atoms with Crippen LogP contribution in [0.3, 0.4) is 0 Å². The number of hydrogen-bond donors (Lipinski definition) is 3. The Balaban J connectivity index is 0.00000312. The minimum atomic E-state index is -0.0594. The number of rotatable bonds is 7. The average molecular weight is 472 g/mol. The first-order chi connectivity index (χ1) is 11.7. The standard InChI is InChI=1S/C18H24N4OS.HI/c1-19-17(23)15-6-3-5-14(13-15)8-10-21-18(20-2)22-11-9-16-7-4-12-24-16;/h3-7,12-13H,8-11H2,1-2H3,(H,19,23)(H2,20,21,22);1H. The van der Waals surface area contributed by atoms with Crippen molar-refractivity contribution in [1.29, 1.82) is 0 Å². The van der Waals surface area contributed by atoms with E-state index in [1.54, 1.807) is 25.4 Å². The summed E-state index contributed by atoms with van der Waals surface area (Å²) in [6.07, 6.45) is 1.82. The Hall–Kier alpha value is -1.61. The lowest BCUT2D eigenvalue weighted by atomic mass is 10.1. The molecule has 0 saturated carbocycles. The monoisotopic (exact) mass is 472 g/mol. The Bertz CT molecular complexity index is 673. The lowest BCUT2D eigenvalue weighted by Gasteiger charge is -2.12. The van der Waals surface area contributed by atoms with Crippen LogP contribution in [0.5, 0.6) is 0 Å². The van der Waals surface area contributed by atoms with Crippen molar-refractivity contribution in [2.24, 2.45) is 4.99 Å². The lowest BCUT2D eigenvalue weighted by Crippen LogP contribution is -2.39. The number of amides is 1. The van der Waals surface area contributed by atoms with Crippen LogP contribution in [0.4, 0.5) is 0 Å². The van der Waals surface area contributed by atoms with Crippen molar-refractivity contribution in [2.75, 3.05) is 27.2 Å². The molecule has 2 rings (SSSR count). The molecular formula is C18H25IN4OS. The summed E-state index contributed by atoms with van der Waals surface area (Å²) in [5.41, 5.74) is 1.81. The van der Waals surface area contributed by atoms with Gasteiger partial charge in [-0.1, -0.05) is 18.2 Å². The van der Waals surface area contributed by atoms with Gasteiger partial charge in [0.15, 0.2) is 5.96 Å². The van der Waals surface area contributed by atoms with E-state index in [-0.39, 0.29) is 29.9 Å². The third kappa shape index (κ3) is 7.43. The molecule has 136 valence electrons. The minimum absolute atomic E-state index is 0. The summed E-state index contributed by atoms with van der Waals surface area (Å²) >= 11 is 1.77. The first kappa shape index (κ1) is 21.4. The zero-order valence-corrected chi connectivity index (χ0v) is 17.7. The molecule has 0 aliphatic carbocycles. The van der Waals surface area contributed by atoms with Gasteiger partial charge in [0.2, 0.25) is 0 Å². The van der Waals surface area contributed by atoms with Crippen molar-refractivity contribution in [3.8, 4) is 0 Å². The van der Waals surface area contributed by atoms with Crippen LogP contribution >= 0.6 is 35.3 Å². The quantitative estimate of drug-likeness (QED) is 0.330. The maximum Gasteiger partial charge on any atom is 0.251 e. The van der Waals surface area contributed by atoms with Crippen molar-refractivity contribution in [2.45, 2.75) is 12.8 Å². The van der Waals surface area contributed by atoms with Gasteiger partial charge in [-0.15, -0.1) is 35.3 Å². The number of nitrogens with one attached hydrogen (secondary N) is 3. The summed E-state index contributed by atoms with van der Waals surface area (Å²) in [6, 6.07) is 11.9. The van der Waals surface area contributed by atoms with E-state index >= 15 is 0 Å². The predicted octanol–water partition coefficient (Wildman–Crippen LogP) is 2.68. The molecule has 0 unspecified atom stereocenters. The van der Waals surface area contributed by atoms with E-state index in [1.807, 2.05) is 24.3 Å². The lowest BCUT2D eigenvalue weighted by molar-refractivity contribution is 0.0963. The Labute approximate surface area is 170 Å². The molecule has 1 heterocycles. The summed E-state index contributed by atoms with van der Waals surface area (Å²) in [7, 11) is 3.41. The van der Waals surface area contributed by atoms with Crippen molar-refractivity contribution < 1.29 is 4.79 Å². The van der Waals surface area contributed by atoms with E-state index in [0.717, 1.165) is 37.5 Å². The van der Waals surface area contributed by atoms with Gasteiger partial charge in [-0.2, -0.15) is 0 Å². The number of benzene rings is 1. The van der Waals surface area contributed by atoms with Crippen LogP contribution in [0, 0.1) is 0 Å². The van der Waals surface area contributed by atoms with Crippen LogP contribution in [-0.4, -0.2) is 39.1 Å². The van der Waals surface area contributed by atoms with Gasteiger partial charge in [-0.25, -0.2) is 0 Å². The number of carbonyl (C=O) groups is 1. The first-order valence-electron chi connectivity index (χ1n) is 8.01. The normalized spacial score (nSPS) is 10.7. The van der Waals surface area contributed by atoms with E-state index in [0.29, 0.717) is 5.56 Å². The minimum Gasteiger partial charge on any atom is -0.356 e. The predicted molar refractivity (Wildman–Crippen MR) is 116 cm³/mol. The fourth-order valence-corrected chi connectivity index (χ4v) is 3.03. The second-order valence-corrected chi connectivity index (χ2v) is 6.32. The molecule has 2 aromatic rings. The van der Waals surface area contributed by atoms with Crippen LogP contribution in [0.15, 0.2) is 46.8 Å². The number of carbonyl (C=O) groups excluding carboxylic acids is 1. The Morgan fingerprint density at radius 3 is 2.52 bits per heavy atom. The first-order valence-corrected chi connectivity index (χ1v) is 8.89. The van der Waals surface area contributed by atoms with E-state index < -0.39 is 0 Å². The molecule has 1 aromatic heterocycles. The number of halogens is 1. The Morgan fingerprint density at radius 1 is 1.12 bits per heavy atom. The highest BCUT2D eigenvalue weighted by Crippen LogP contribution is 2.08. The number of nitrogens with zero attached hydrogens (tertiary/aromatic N) is 1. The van der Waals surface area contributed by atoms with Crippen molar-refractivity contribution in [1.82, 2.24) is 16.0 Å². The Kier molecular flexibility index (Phi) is 10.2. The highest BCUT2D eigenvalue weighted by Gasteiger charge is 2.04. The summed E-state index contributed by atoms with van der Waals surface area (Å²) in [4.78, 5) is 17.3. The SMILES string of the molecule is CN=C(NCCc1cccc(C(=O)NC)c1)NCCc1cccs1.I. The highest BCUT2D eigenvalue weighted by atomic mass is 127. The molecule has 0 saturated heterocycles. The third-order valence-electron chi connectivity index (χ3n) is 3.59. The van der Waals surface area contributed by atoms with Crippen LogP contribution in [0.1, 0.15) is 20.8 Å². The highest BCUT2D eigenvalue weighted by molar-refractivity contribution is 14.0. The largest absolute Gasteiger partial charge is 0.356 e. The van der Waals surface area contributed by atoms with Gasteiger partial charge in [0.25, 0.3) is 5.91 Å². The fraction of sp³-hybridized carbons (Fsp3) is 0.333. The molecule has 0 atom stereocenters. The van der Waals surface area contributed by atoms with Crippen LogP contribution in [0.2, 0.25) is 0 Å². The van der Waals surface area contributed by atoms with Crippen LogP contribution < -0.4 is 16.0 Å². The molecule has 0 fully saturated rings. The van der Waals surface area contributed by atoms with E-state index in [2.05, 4.69) is 38.5 Å². The van der Waals surface area contributed by atoms with E-state index in [9.17, 15) is 4.79 Å². The van der Waals surface area contributed by atoms with Gasteiger partial charge in [0.05, 0.1) is 0 Å². The molecule has 1 amide bonds. The molecule has 5 nitrogen and oxygen atoms in total. The Morgan fingerprint density at radius 2 is 1.88 bits per heavy atom. The van der Waals surface area contributed by atoms with Gasteiger partial charge < -0.3 is 16.0 Å². The molecule has 0 aliphatic rings. The number of guanidine groups is 1. The summed E-state index contributed by atoms with van der Waals surface area (Å²) in [5.74, 6) is 0.741. The zero-order valence-electron chi connectivity index (χ0n) is 14.5. The number of thiophene rings is 1. The molecule has 25 heavy (non-hydrogen) atoms. The van der Waals surface area contributed by atoms with Crippen molar-refractivity contribution in [3.63, 3.8) is 0 Å². The summed E-state index contributed by atoms with van der Waals surface area (Å²) in [5, 5.41) is 11.4. The number of hydrogen-bond acceptors (Lipinski definition) is 3. The van der Waals surface area contributed by atoms with Crippen molar-refractivity contribution >= 4 is 47.2 Å². The molecule has 7 heteroatoms. The molecular weight excluding hydrogens is 447 g/mol. The molecule has 0 aliphatic heterocycles. The average Bonchev–Trinajstić information content (AvgIpc) is 3.13.